The van der Waals surface area contributed by atoms with Gasteiger partial charge in [0.1, 0.15) is 6.04 Å². The van der Waals surface area contributed by atoms with Crippen molar-refractivity contribution in [2.24, 2.45) is 0 Å². The normalized spacial score (nSPS) is 17.2. The molecule has 1 atom stereocenters. The molecule has 0 spiro atoms. The van der Waals surface area contributed by atoms with E-state index in [0.29, 0.717) is 26.3 Å². The van der Waals surface area contributed by atoms with Crippen LogP contribution in [-0.2, 0) is 9.53 Å². The average Bonchev–Trinajstić information content (AvgIpc) is 2.53. The summed E-state index contributed by atoms with van der Waals surface area (Å²) in [4.78, 5) is 17.0. The Labute approximate surface area is 121 Å². The topological polar surface area (TPSA) is 32.8 Å². The quantitative estimate of drug-likeness (QED) is 0.824. The van der Waals surface area contributed by atoms with Crippen molar-refractivity contribution < 1.29 is 9.53 Å². The third kappa shape index (κ3) is 3.38. The molecule has 0 aromatic heterocycles. The number of likely N-dealkylation sites (N-methyl/N-ethyl adjacent to an activating group) is 1. The summed E-state index contributed by atoms with van der Waals surface area (Å²) in [6.07, 6.45) is 0. The van der Waals surface area contributed by atoms with Crippen LogP contribution in [0.4, 0.5) is 0 Å². The highest BCUT2D eigenvalue weighted by Crippen LogP contribution is 2.23. The molecule has 1 amide bonds. The van der Waals surface area contributed by atoms with Crippen LogP contribution in [0.5, 0.6) is 0 Å². The van der Waals surface area contributed by atoms with Gasteiger partial charge in [-0.2, -0.15) is 0 Å². The van der Waals surface area contributed by atoms with Gasteiger partial charge in [-0.15, -0.1) is 0 Å². The zero-order valence-electron chi connectivity index (χ0n) is 12.4. The van der Waals surface area contributed by atoms with Crippen molar-refractivity contribution in [3.8, 4) is 0 Å². The third-order valence-electron chi connectivity index (χ3n) is 3.85. The highest BCUT2D eigenvalue weighted by Gasteiger charge is 2.30. The molecule has 1 saturated heterocycles. The molecular weight excluding hydrogens is 252 g/mol. The third-order valence-corrected chi connectivity index (χ3v) is 3.85. The number of morpholine rings is 1. The fraction of sp³-hybridized carbons (Fsp3) is 0.562. The maximum absolute atomic E-state index is 12.9. The van der Waals surface area contributed by atoms with Gasteiger partial charge in [0.15, 0.2) is 0 Å². The Morgan fingerprint density at radius 3 is 2.35 bits per heavy atom. The van der Waals surface area contributed by atoms with Gasteiger partial charge in [0.2, 0.25) is 5.91 Å². The summed E-state index contributed by atoms with van der Waals surface area (Å²) in [7, 11) is 0. The highest BCUT2D eigenvalue weighted by atomic mass is 16.5. The van der Waals surface area contributed by atoms with Gasteiger partial charge in [0, 0.05) is 13.1 Å². The number of hydrogen-bond donors (Lipinski definition) is 0. The van der Waals surface area contributed by atoms with Crippen molar-refractivity contribution in [1.29, 1.82) is 0 Å². The van der Waals surface area contributed by atoms with Crippen LogP contribution in [0.15, 0.2) is 30.3 Å². The van der Waals surface area contributed by atoms with Crippen LogP contribution in [0.2, 0.25) is 0 Å². The summed E-state index contributed by atoms with van der Waals surface area (Å²) in [6, 6.07) is 9.89. The Bertz CT molecular complexity index is 412. The van der Waals surface area contributed by atoms with Crippen LogP contribution >= 0.6 is 0 Å². The Balaban J connectivity index is 2.23. The molecule has 2 rings (SSSR count). The number of carbonyl (C=O) groups is 1. The maximum atomic E-state index is 12.9. The summed E-state index contributed by atoms with van der Waals surface area (Å²) in [5.74, 6) is 0.197. The first-order chi connectivity index (χ1) is 9.77. The maximum Gasteiger partial charge on any atom is 0.244 e. The van der Waals surface area contributed by atoms with Crippen LogP contribution in [0.3, 0.4) is 0 Å². The number of ether oxygens (including phenoxy) is 1. The minimum Gasteiger partial charge on any atom is -0.378 e. The molecule has 0 radical (unpaired) electrons. The van der Waals surface area contributed by atoms with Crippen LogP contribution < -0.4 is 0 Å². The second kappa shape index (κ2) is 7.41. The molecule has 4 nitrogen and oxygen atoms in total. The molecule has 1 heterocycles. The Kier molecular flexibility index (Phi) is 5.56. The van der Waals surface area contributed by atoms with Crippen LogP contribution in [-0.4, -0.2) is 55.1 Å². The van der Waals surface area contributed by atoms with Crippen LogP contribution in [0, 0.1) is 0 Å². The standard InChI is InChI=1S/C16H24N2O2/c1-3-17(4-2)15(14-8-6-5-7-9-14)16(19)18-10-12-20-13-11-18/h5-9,15H,3-4,10-13H2,1-2H3. The molecule has 1 aliphatic heterocycles. The van der Waals surface area contributed by atoms with Gasteiger partial charge >= 0.3 is 0 Å². The van der Waals surface area contributed by atoms with Gasteiger partial charge in [-0.3, -0.25) is 9.69 Å². The first kappa shape index (κ1) is 15.0. The van der Waals surface area contributed by atoms with Gasteiger partial charge in [0.05, 0.1) is 13.2 Å². The lowest BCUT2D eigenvalue weighted by Crippen LogP contribution is -2.47. The summed E-state index contributed by atoms with van der Waals surface area (Å²) >= 11 is 0. The van der Waals surface area contributed by atoms with Crippen molar-refractivity contribution in [3.05, 3.63) is 35.9 Å². The van der Waals surface area contributed by atoms with Gasteiger partial charge in [-0.25, -0.2) is 0 Å². The Morgan fingerprint density at radius 1 is 1.20 bits per heavy atom. The molecule has 110 valence electrons. The number of benzene rings is 1. The van der Waals surface area contributed by atoms with Gasteiger partial charge in [-0.1, -0.05) is 44.2 Å². The summed E-state index contributed by atoms with van der Waals surface area (Å²) in [6.45, 7) is 8.63. The molecule has 1 aromatic rings. The lowest BCUT2D eigenvalue weighted by Gasteiger charge is -2.35. The molecule has 1 fully saturated rings. The minimum absolute atomic E-state index is 0.177. The van der Waals surface area contributed by atoms with E-state index in [4.69, 9.17) is 4.74 Å². The van der Waals surface area contributed by atoms with E-state index in [1.165, 1.54) is 0 Å². The lowest BCUT2D eigenvalue weighted by atomic mass is 10.0. The number of amides is 1. The SMILES string of the molecule is CCN(CC)C(C(=O)N1CCOCC1)c1ccccc1. The molecule has 4 heteroatoms. The summed E-state index contributed by atoms with van der Waals surface area (Å²) in [5, 5.41) is 0. The monoisotopic (exact) mass is 276 g/mol. The molecule has 20 heavy (non-hydrogen) atoms. The van der Waals surface area contributed by atoms with Crippen molar-refractivity contribution in [1.82, 2.24) is 9.80 Å². The molecule has 0 aliphatic carbocycles. The first-order valence-electron chi connectivity index (χ1n) is 7.43. The molecule has 0 saturated carbocycles. The van der Waals surface area contributed by atoms with Crippen molar-refractivity contribution >= 4 is 5.91 Å². The number of hydrogen-bond acceptors (Lipinski definition) is 3. The largest absolute Gasteiger partial charge is 0.378 e. The second-order valence-electron chi connectivity index (χ2n) is 4.97. The van der Waals surface area contributed by atoms with Gasteiger partial charge in [0.25, 0.3) is 0 Å². The predicted molar refractivity (Wildman–Crippen MR) is 79.5 cm³/mol. The second-order valence-corrected chi connectivity index (χ2v) is 4.97. The molecule has 0 N–H and O–H groups in total. The molecule has 0 bridgehead atoms. The van der Waals surface area contributed by atoms with Crippen LogP contribution in [0.1, 0.15) is 25.5 Å². The fourth-order valence-electron chi connectivity index (χ4n) is 2.69. The zero-order chi connectivity index (χ0) is 14.4. The Morgan fingerprint density at radius 2 is 1.80 bits per heavy atom. The number of carbonyl (C=O) groups excluding carboxylic acids is 1. The summed E-state index contributed by atoms with van der Waals surface area (Å²) < 4.78 is 5.34. The van der Waals surface area contributed by atoms with Gasteiger partial charge < -0.3 is 9.64 Å². The van der Waals surface area contributed by atoms with Crippen LogP contribution in [0.25, 0.3) is 0 Å². The van der Waals surface area contributed by atoms with E-state index < -0.39 is 0 Å². The predicted octanol–water partition coefficient (Wildman–Crippen LogP) is 1.93. The molecule has 1 aromatic carbocycles. The van der Waals surface area contributed by atoms with Crippen molar-refractivity contribution in [2.45, 2.75) is 19.9 Å². The zero-order valence-corrected chi connectivity index (χ0v) is 12.4. The molecular formula is C16H24N2O2. The summed E-state index contributed by atoms with van der Waals surface area (Å²) in [5.41, 5.74) is 1.08. The molecule has 1 aliphatic rings. The first-order valence-corrected chi connectivity index (χ1v) is 7.43. The minimum atomic E-state index is -0.177. The Hall–Kier alpha value is -1.39. The lowest BCUT2D eigenvalue weighted by molar-refractivity contribution is -0.141. The average molecular weight is 276 g/mol. The fourth-order valence-corrected chi connectivity index (χ4v) is 2.69. The highest BCUT2D eigenvalue weighted by molar-refractivity contribution is 5.83. The van der Waals surface area contributed by atoms with Gasteiger partial charge in [-0.05, 0) is 18.7 Å². The van der Waals surface area contributed by atoms with E-state index >= 15 is 0 Å². The van der Waals surface area contributed by atoms with E-state index in [2.05, 4.69) is 18.7 Å². The van der Waals surface area contributed by atoms with E-state index in [1.807, 2.05) is 35.2 Å². The van der Waals surface area contributed by atoms with Crippen molar-refractivity contribution in [2.75, 3.05) is 39.4 Å². The number of nitrogens with zero attached hydrogens (tertiary/aromatic N) is 2. The smallest absolute Gasteiger partial charge is 0.244 e. The van der Waals surface area contributed by atoms with E-state index in [-0.39, 0.29) is 11.9 Å². The van der Waals surface area contributed by atoms with E-state index in [9.17, 15) is 4.79 Å². The number of rotatable bonds is 5. The van der Waals surface area contributed by atoms with E-state index in [1.54, 1.807) is 0 Å². The van der Waals surface area contributed by atoms with E-state index in [0.717, 1.165) is 18.7 Å². The molecule has 1 unspecified atom stereocenters. The van der Waals surface area contributed by atoms with Crippen molar-refractivity contribution in [3.63, 3.8) is 0 Å².